The number of carbonyl (C=O) groups excluding carboxylic acids is 1. The van der Waals surface area contributed by atoms with Crippen LogP contribution in [0.5, 0.6) is 11.5 Å². The van der Waals surface area contributed by atoms with Crippen molar-refractivity contribution in [2.45, 2.75) is 45.4 Å². The minimum Gasteiger partial charge on any atom is -0.496 e. The van der Waals surface area contributed by atoms with E-state index in [0.717, 1.165) is 12.2 Å². The van der Waals surface area contributed by atoms with Crippen LogP contribution in [0.1, 0.15) is 45.6 Å². The number of carbonyl (C=O) groups is 1. The molecule has 0 fully saturated rings. The van der Waals surface area contributed by atoms with Gasteiger partial charge in [0.25, 0.3) is 5.69 Å². The molecule has 0 heterocycles. The molecule has 0 aliphatic carbocycles. The number of hydrogen-bond donors (Lipinski definition) is 1. The highest BCUT2D eigenvalue weighted by Gasteiger charge is 2.18. The van der Waals surface area contributed by atoms with Gasteiger partial charge in [-0.3, -0.25) is 14.9 Å². The van der Waals surface area contributed by atoms with E-state index in [-0.39, 0.29) is 29.1 Å². The summed E-state index contributed by atoms with van der Waals surface area (Å²) in [6, 6.07) is 12.3. The van der Waals surface area contributed by atoms with Crippen molar-refractivity contribution in [2.75, 3.05) is 19.0 Å². The average molecular weight is 400 g/mol. The Bertz CT molecular complexity index is 847. The summed E-state index contributed by atoms with van der Waals surface area (Å²) in [5.74, 6) is 0.810. The molecule has 0 unspecified atom stereocenters. The number of nitro groups is 1. The standard InChI is InChI=1S/C22H28N2O5/c1-5-22(2,3)16-8-10-17(11-9-16)29-14-6-7-21(25)23-19-13-12-18(28-4)15-20(19)24(26)27/h8-13,15H,5-7,14H2,1-4H3,(H,23,25). The van der Waals surface area contributed by atoms with Crippen molar-refractivity contribution in [1.82, 2.24) is 0 Å². The van der Waals surface area contributed by atoms with Crippen LogP contribution in [0, 0.1) is 10.1 Å². The van der Waals surface area contributed by atoms with Gasteiger partial charge in [0, 0.05) is 6.42 Å². The zero-order chi connectivity index (χ0) is 21.4. The first kappa shape index (κ1) is 22.2. The predicted octanol–water partition coefficient (Wildman–Crippen LogP) is 5.09. The van der Waals surface area contributed by atoms with E-state index in [2.05, 4.69) is 38.2 Å². The number of amides is 1. The molecule has 0 aliphatic heterocycles. The van der Waals surface area contributed by atoms with Crippen molar-refractivity contribution < 1.29 is 19.2 Å². The van der Waals surface area contributed by atoms with Crippen molar-refractivity contribution >= 4 is 17.3 Å². The molecular weight excluding hydrogens is 372 g/mol. The van der Waals surface area contributed by atoms with E-state index in [0.29, 0.717) is 18.8 Å². The molecule has 1 amide bonds. The largest absolute Gasteiger partial charge is 0.496 e. The molecule has 29 heavy (non-hydrogen) atoms. The lowest BCUT2D eigenvalue weighted by Crippen LogP contribution is -2.15. The summed E-state index contributed by atoms with van der Waals surface area (Å²) in [6.07, 6.45) is 1.75. The average Bonchev–Trinajstić information content (AvgIpc) is 2.71. The van der Waals surface area contributed by atoms with Crippen LogP contribution in [-0.4, -0.2) is 24.5 Å². The lowest BCUT2D eigenvalue weighted by atomic mass is 9.82. The fourth-order valence-corrected chi connectivity index (χ4v) is 2.74. The third kappa shape index (κ3) is 6.20. The van der Waals surface area contributed by atoms with Crippen LogP contribution in [0.25, 0.3) is 0 Å². The van der Waals surface area contributed by atoms with Gasteiger partial charge in [-0.25, -0.2) is 0 Å². The van der Waals surface area contributed by atoms with E-state index in [1.807, 2.05) is 12.1 Å². The van der Waals surface area contributed by atoms with E-state index >= 15 is 0 Å². The Morgan fingerprint density at radius 1 is 1.14 bits per heavy atom. The Kier molecular flexibility index (Phi) is 7.59. The van der Waals surface area contributed by atoms with Crippen LogP contribution in [0.4, 0.5) is 11.4 Å². The highest BCUT2D eigenvalue weighted by molar-refractivity contribution is 5.93. The fraction of sp³-hybridized carbons (Fsp3) is 0.409. The van der Waals surface area contributed by atoms with Gasteiger partial charge in [-0.2, -0.15) is 0 Å². The molecule has 2 aromatic carbocycles. The molecule has 0 saturated carbocycles. The highest BCUT2D eigenvalue weighted by atomic mass is 16.6. The van der Waals surface area contributed by atoms with Crippen LogP contribution >= 0.6 is 0 Å². The van der Waals surface area contributed by atoms with Gasteiger partial charge in [0.15, 0.2) is 0 Å². The number of benzene rings is 2. The molecule has 7 heteroatoms. The van der Waals surface area contributed by atoms with Gasteiger partial charge in [-0.1, -0.05) is 32.9 Å². The first-order valence-corrected chi connectivity index (χ1v) is 9.62. The number of methoxy groups -OCH3 is 1. The van der Waals surface area contributed by atoms with Crippen molar-refractivity contribution in [3.8, 4) is 11.5 Å². The Balaban J connectivity index is 1.83. The van der Waals surface area contributed by atoms with Crippen molar-refractivity contribution in [3.05, 3.63) is 58.1 Å². The number of nitrogens with one attached hydrogen (secondary N) is 1. The van der Waals surface area contributed by atoms with Gasteiger partial charge in [0.2, 0.25) is 5.91 Å². The van der Waals surface area contributed by atoms with Gasteiger partial charge in [0.05, 0.1) is 24.7 Å². The lowest BCUT2D eigenvalue weighted by Gasteiger charge is -2.23. The summed E-state index contributed by atoms with van der Waals surface area (Å²) in [5, 5.41) is 13.8. The summed E-state index contributed by atoms with van der Waals surface area (Å²) in [4.78, 5) is 22.7. The van der Waals surface area contributed by atoms with Gasteiger partial charge < -0.3 is 14.8 Å². The summed E-state index contributed by atoms with van der Waals surface area (Å²) < 4.78 is 10.7. The number of nitrogens with zero attached hydrogens (tertiary/aromatic N) is 1. The second kappa shape index (κ2) is 9.91. The predicted molar refractivity (Wildman–Crippen MR) is 113 cm³/mol. The van der Waals surface area contributed by atoms with Crippen LogP contribution < -0.4 is 14.8 Å². The third-order valence-electron chi connectivity index (χ3n) is 5.01. The second-order valence-electron chi connectivity index (χ2n) is 7.40. The molecule has 0 aromatic heterocycles. The van der Waals surface area contributed by atoms with E-state index in [1.54, 1.807) is 6.07 Å². The van der Waals surface area contributed by atoms with Gasteiger partial charge in [-0.15, -0.1) is 0 Å². The maximum atomic E-state index is 12.1. The van der Waals surface area contributed by atoms with Crippen LogP contribution in [-0.2, 0) is 10.2 Å². The Hall–Kier alpha value is -3.09. The number of rotatable bonds is 10. The maximum Gasteiger partial charge on any atom is 0.296 e. The molecule has 156 valence electrons. The molecule has 0 saturated heterocycles. The molecule has 0 atom stereocenters. The van der Waals surface area contributed by atoms with E-state index < -0.39 is 4.92 Å². The van der Waals surface area contributed by atoms with Crippen LogP contribution in [0.2, 0.25) is 0 Å². The number of ether oxygens (including phenoxy) is 2. The Morgan fingerprint density at radius 3 is 2.38 bits per heavy atom. The van der Waals surface area contributed by atoms with E-state index in [4.69, 9.17) is 9.47 Å². The van der Waals surface area contributed by atoms with Gasteiger partial charge >= 0.3 is 0 Å². The third-order valence-corrected chi connectivity index (χ3v) is 5.01. The zero-order valence-electron chi connectivity index (χ0n) is 17.4. The van der Waals surface area contributed by atoms with E-state index in [9.17, 15) is 14.9 Å². The van der Waals surface area contributed by atoms with Gasteiger partial charge in [0.1, 0.15) is 17.2 Å². The van der Waals surface area contributed by atoms with Crippen molar-refractivity contribution in [3.63, 3.8) is 0 Å². The Morgan fingerprint density at radius 2 is 1.79 bits per heavy atom. The molecule has 2 rings (SSSR count). The lowest BCUT2D eigenvalue weighted by molar-refractivity contribution is -0.384. The molecule has 0 bridgehead atoms. The minimum atomic E-state index is -0.551. The molecular formula is C22H28N2O5. The summed E-state index contributed by atoms with van der Waals surface area (Å²) >= 11 is 0. The monoisotopic (exact) mass is 400 g/mol. The molecule has 2 aromatic rings. The van der Waals surface area contributed by atoms with Crippen LogP contribution in [0.15, 0.2) is 42.5 Å². The smallest absolute Gasteiger partial charge is 0.296 e. The first-order chi connectivity index (χ1) is 13.8. The second-order valence-corrected chi connectivity index (χ2v) is 7.40. The molecule has 7 nitrogen and oxygen atoms in total. The summed E-state index contributed by atoms with van der Waals surface area (Å²) in [5.41, 5.74) is 1.33. The fourth-order valence-electron chi connectivity index (χ4n) is 2.74. The molecule has 0 radical (unpaired) electrons. The topological polar surface area (TPSA) is 90.7 Å². The van der Waals surface area contributed by atoms with E-state index in [1.165, 1.54) is 24.8 Å². The quantitative estimate of drug-likeness (QED) is 0.341. The molecule has 0 spiro atoms. The number of hydrogen-bond acceptors (Lipinski definition) is 5. The molecule has 0 aliphatic rings. The normalized spacial score (nSPS) is 11.0. The minimum absolute atomic E-state index is 0.126. The van der Waals surface area contributed by atoms with Gasteiger partial charge in [-0.05, 0) is 48.1 Å². The number of anilines is 1. The molecule has 1 N–H and O–H groups in total. The maximum absolute atomic E-state index is 12.1. The summed E-state index contributed by atoms with van der Waals surface area (Å²) in [6.45, 7) is 6.95. The van der Waals surface area contributed by atoms with Crippen molar-refractivity contribution in [1.29, 1.82) is 0 Å². The first-order valence-electron chi connectivity index (χ1n) is 9.62. The highest BCUT2D eigenvalue weighted by Crippen LogP contribution is 2.29. The number of nitro benzene ring substituents is 1. The van der Waals surface area contributed by atoms with Crippen molar-refractivity contribution in [2.24, 2.45) is 0 Å². The Labute approximate surface area is 171 Å². The SMILES string of the molecule is CCC(C)(C)c1ccc(OCCCC(=O)Nc2ccc(OC)cc2[N+](=O)[O-])cc1. The van der Waals surface area contributed by atoms with Crippen LogP contribution in [0.3, 0.4) is 0 Å². The zero-order valence-corrected chi connectivity index (χ0v) is 17.4. The summed E-state index contributed by atoms with van der Waals surface area (Å²) in [7, 11) is 1.43.